The lowest BCUT2D eigenvalue weighted by Crippen LogP contribution is -2.23. The molecule has 2 N–H and O–H groups in total. The maximum atomic E-state index is 13.5. The fraction of sp³-hybridized carbons (Fsp3) is 0.0417. The third kappa shape index (κ3) is 3.88. The number of hydrogen-bond donors (Lipinski definition) is 2. The molecule has 0 aliphatic rings. The van der Waals surface area contributed by atoms with Crippen LogP contribution in [0, 0.1) is 0 Å². The monoisotopic (exact) mass is 460 g/mol. The first-order valence-corrected chi connectivity index (χ1v) is 11.2. The molecule has 0 bridgehead atoms. The fourth-order valence-electron chi connectivity index (χ4n) is 3.51. The fourth-order valence-corrected chi connectivity index (χ4v) is 4.44. The minimum absolute atomic E-state index is 0.1000. The SMILES string of the molecule is O=C(CSc1nc2c([nH]c3ccccc32)c(=O)n1-c1ccc(Cl)cc1)Nc1ccccc1. The number of carbonyl (C=O) groups is 1. The van der Waals surface area contributed by atoms with Crippen LogP contribution in [0.2, 0.25) is 5.02 Å². The Morgan fingerprint density at radius 1 is 1.00 bits per heavy atom. The summed E-state index contributed by atoms with van der Waals surface area (Å²) >= 11 is 7.25. The largest absolute Gasteiger partial charge is 0.349 e. The summed E-state index contributed by atoms with van der Waals surface area (Å²) in [6, 6.07) is 23.8. The first-order valence-electron chi connectivity index (χ1n) is 9.87. The minimum atomic E-state index is -0.237. The number of nitrogens with zero attached hydrogens (tertiary/aromatic N) is 2. The van der Waals surface area contributed by atoms with Crippen molar-refractivity contribution in [2.75, 3.05) is 11.1 Å². The van der Waals surface area contributed by atoms with Crippen LogP contribution in [0.3, 0.4) is 0 Å². The number of anilines is 1. The number of fused-ring (bicyclic) bond motifs is 3. The van der Waals surface area contributed by atoms with Crippen molar-refractivity contribution in [3.8, 4) is 5.69 Å². The summed E-state index contributed by atoms with van der Waals surface area (Å²) < 4.78 is 1.51. The minimum Gasteiger partial charge on any atom is -0.349 e. The summed E-state index contributed by atoms with van der Waals surface area (Å²) in [6.07, 6.45) is 0. The molecule has 0 radical (unpaired) electrons. The number of aromatic amines is 1. The highest BCUT2D eigenvalue weighted by atomic mass is 35.5. The maximum Gasteiger partial charge on any atom is 0.283 e. The lowest BCUT2D eigenvalue weighted by molar-refractivity contribution is -0.113. The van der Waals surface area contributed by atoms with Gasteiger partial charge in [-0.1, -0.05) is 59.8 Å². The number of nitrogens with one attached hydrogen (secondary N) is 2. The normalized spacial score (nSPS) is 11.2. The second-order valence-electron chi connectivity index (χ2n) is 7.11. The van der Waals surface area contributed by atoms with Gasteiger partial charge in [-0.3, -0.25) is 14.2 Å². The van der Waals surface area contributed by atoms with Gasteiger partial charge in [0.25, 0.3) is 5.56 Å². The third-order valence-electron chi connectivity index (χ3n) is 4.97. The molecule has 0 spiro atoms. The molecular weight excluding hydrogens is 444 g/mol. The van der Waals surface area contributed by atoms with Crippen LogP contribution in [0.25, 0.3) is 27.6 Å². The number of para-hydroxylation sites is 2. The van der Waals surface area contributed by atoms with Gasteiger partial charge in [0.05, 0.1) is 11.4 Å². The Morgan fingerprint density at radius 3 is 2.50 bits per heavy atom. The van der Waals surface area contributed by atoms with Crippen LogP contribution in [0.15, 0.2) is 88.8 Å². The summed E-state index contributed by atoms with van der Waals surface area (Å²) in [5.41, 5.74) is 2.94. The maximum absolute atomic E-state index is 13.5. The van der Waals surface area contributed by atoms with E-state index in [-0.39, 0.29) is 17.2 Å². The Hall–Kier alpha value is -3.55. The van der Waals surface area contributed by atoms with E-state index in [1.165, 1.54) is 16.3 Å². The molecule has 1 amide bonds. The predicted molar refractivity (Wildman–Crippen MR) is 130 cm³/mol. The van der Waals surface area contributed by atoms with E-state index in [9.17, 15) is 9.59 Å². The van der Waals surface area contributed by atoms with Gasteiger partial charge in [-0.2, -0.15) is 0 Å². The summed E-state index contributed by atoms with van der Waals surface area (Å²) in [5.74, 6) is -0.0832. The number of halogens is 1. The van der Waals surface area contributed by atoms with Gasteiger partial charge in [-0.05, 0) is 42.5 Å². The molecular formula is C24H17ClN4O2S. The van der Waals surface area contributed by atoms with Crippen molar-refractivity contribution in [3.63, 3.8) is 0 Å². The van der Waals surface area contributed by atoms with Gasteiger partial charge in [0.2, 0.25) is 5.91 Å². The van der Waals surface area contributed by atoms with Crippen LogP contribution in [0.1, 0.15) is 0 Å². The summed E-state index contributed by atoms with van der Waals surface area (Å²) in [5, 5.41) is 4.71. The van der Waals surface area contributed by atoms with E-state index in [1.807, 2.05) is 54.6 Å². The molecule has 0 aliphatic heterocycles. The van der Waals surface area contributed by atoms with E-state index >= 15 is 0 Å². The van der Waals surface area contributed by atoms with Gasteiger partial charge in [0.1, 0.15) is 11.0 Å². The van der Waals surface area contributed by atoms with Gasteiger partial charge < -0.3 is 10.3 Å². The second kappa shape index (κ2) is 8.53. The molecule has 3 aromatic carbocycles. The van der Waals surface area contributed by atoms with Crippen LogP contribution < -0.4 is 10.9 Å². The molecule has 2 aromatic heterocycles. The molecule has 2 heterocycles. The average molecular weight is 461 g/mol. The first-order chi connectivity index (χ1) is 15.6. The number of thioether (sulfide) groups is 1. The molecule has 0 unspecified atom stereocenters. The molecule has 5 rings (SSSR count). The van der Waals surface area contributed by atoms with Crippen LogP contribution in [0.5, 0.6) is 0 Å². The Bertz CT molecular complexity index is 1490. The predicted octanol–water partition coefficient (Wildman–Crippen LogP) is 5.25. The average Bonchev–Trinajstić information content (AvgIpc) is 3.18. The van der Waals surface area contributed by atoms with E-state index in [4.69, 9.17) is 16.6 Å². The molecule has 0 fully saturated rings. The highest BCUT2D eigenvalue weighted by molar-refractivity contribution is 7.99. The summed E-state index contributed by atoms with van der Waals surface area (Å²) in [6.45, 7) is 0. The van der Waals surface area contributed by atoms with Gasteiger partial charge in [-0.25, -0.2) is 4.98 Å². The quantitative estimate of drug-likeness (QED) is 0.277. The number of benzene rings is 3. The van der Waals surface area contributed by atoms with Crippen LogP contribution in [0.4, 0.5) is 5.69 Å². The molecule has 0 saturated carbocycles. The molecule has 5 aromatic rings. The zero-order valence-electron chi connectivity index (χ0n) is 16.7. The number of amides is 1. The van der Waals surface area contributed by atoms with Gasteiger partial charge >= 0.3 is 0 Å². The number of rotatable bonds is 5. The Kier molecular flexibility index (Phi) is 5.43. The molecule has 0 aliphatic carbocycles. The van der Waals surface area contributed by atoms with Gasteiger partial charge in [0, 0.05) is 21.6 Å². The first kappa shape index (κ1) is 20.4. The Morgan fingerprint density at radius 2 is 1.72 bits per heavy atom. The zero-order chi connectivity index (χ0) is 22.1. The molecule has 8 heteroatoms. The topological polar surface area (TPSA) is 79.8 Å². The highest BCUT2D eigenvalue weighted by Gasteiger charge is 2.18. The molecule has 0 atom stereocenters. The van der Waals surface area contributed by atoms with Crippen LogP contribution in [-0.4, -0.2) is 26.2 Å². The van der Waals surface area contributed by atoms with Crippen molar-refractivity contribution in [3.05, 3.63) is 94.2 Å². The number of H-pyrrole nitrogens is 1. The second-order valence-corrected chi connectivity index (χ2v) is 8.49. The summed E-state index contributed by atoms with van der Waals surface area (Å²) in [7, 11) is 0. The van der Waals surface area contributed by atoms with Crippen molar-refractivity contribution >= 4 is 56.9 Å². The van der Waals surface area contributed by atoms with E-state index in [0.29, 0.717) is 32.6 Å². The van der Waals surface area contributed by atoms with Gasteiger partial charge in [0.15, 0.2) is 5.16 Å². The van der Waals surface area contributed by atoms with E-state index in [0.717, 1.165) is 10.9 Å². The molecule has 0 saturated heterocycles. The number of hydrogen-bond acceptors (Lipinski definition) is 4. The third-order valence-corrected chi connectivity index (χ3v) is 6.16. The molecule has 158 valence electrons. The number of carbonyl (C=O) groups excluding carboxylic acids is 1. The smallest absolute Gasteiger partial charge is 0.283 e. The Balaban J connectivity index is 1.58. The number of aromatic nitrogens is 3. The van der Waals surface area contributed by atoms with Crippen molar-refractivity contribution < 1.29 is 4.79 Å². The van der Waals surface area contributed by atoms with Crippen molar-refractivity contribution in [2.45, 2.75) is 5.16 Å². The highest BCUT2D eigenvalue weighted by Crippen LogP contribution is 2.27. The van der Waals surface area contributed by atoms with Gasteiger partial charge in [-0.15, -0.1) is 0 Å². The lowest BCUT2D eigenvalue weighted by atomic mass is 10.2. The molecule has 32 heavy (non-hydrogen) atoms. The molecule has 6 nitrogen and oxygen atoms in total. The standard InChI is InChI=1S/C24H17ClN4O2S/c25-15-10-12-17(13-11-15)29-23(31)22-21(18-8-4-5-9-19(18)27-22)28-24(29)32-14-20(30)26-16-6-2-1-3-7-16/h1-13,27H,14H2,(H,26,30). The van der Waals surface area contributed by atoms with Crippen LogP contribution >= 0.6 is 23.4 Å². The van der Waals surface area contributed by atoms with Crippen molar-refractivity contribution in [2.24, 2.45) is 0 Å². The van der Waals surface area contributed by atoms with E-state index in [1.54, 1.807) is 24.3 Å². The Labute approximate surface area is 192 Å². The van der Waals surface area contributed by atoms with E-state index < -0.39 is 0 Å². The van der Waals surface area contributed by atoms with E-state index in [2.05, 4.69) is 10.3 Å². The lowest BCUT2D eigenvalue weighted by Gasteiger charge is -2.12. The summed E-state index contributed by atoms with van der Waals surface area (Å²) in [4.78, 5) is 34.0. The van der Waals surface area contributed by atoms with Crippen molar-refractivity contribution in [1.29, 1.82) is 0 Å². The van der Waals surface area contributed by atoms with Crippen molar-refractivity contribution in [1.82, 2.24) is 14.5 Å². The van der Waals surface area contributed by atoms with Crippen LogP contribution in [-0.2, 0) is 4.79 Å². The zero-order valence-corrected chi connectivity index (χ0v) is 18.3.